The number of ether oxygens (including phenoxy) is 2. The summed E-state index contributed by atoms with van der Waals surface area (Å²) in [5.74, 6) is -0.576. The number of benzene rings is 3. The van der Waals surface area contributed by atoms with E-state index >= 15 is 0 Å². The molecule has 0 heterocycles. The Morgan fingerprint density at radius 3 is 2.46 bits per heavy atom. The van der Waals surface area contributed by atoms with E-state index in [-0.39, 0.29) is 6.61 Å². The number of carbonyl (C=O) groups excluding carboxylic acids is 2. The summed E-state index contributed by atoms with van der Waals surface area (Å²) >= 11 is 0. The van der Waals surface area contributed by atoms with Gasteiger partial charge in [-0.2, -0.15) is 0 Å². The third-order valence-electron chi connectivity index (χ3n) is 4.23. The summed E-state index contributed by atoms with van der Waals surface area (Å²) in [7, 11) is 1.28. The van der Waals surface area contributed by atoms with Crippen LogP contribution in [0.2, 0.25) is 0 Å². The summed E-state index contributed by atoms with van der Waals surface area (Å²) in [5.41, 5.74) is 1.80. The number of methoxy groups -OCH3 is 1. The molecule has 3 rings (SSSR count). The molecule has 0 aliphatic carbocycles. The zero-order valence-electron chi connectivity index (χ0n) is 15.5. The molecule has 0 spiro atoms. The molecule has 1 unspecified atom stereocenters. The molecule has 0 fully saturated rings. The fourth-order valence-electron chi connectivity index (χ4n) is 2.80. The van der Waals surface area contributed by atoms with Crippen molar-refractivity contribution >= 4 is 28.9 Å². The maximum Gasteiger partial charge on any atom is 0.408 e. The average Bonchev–Trinajstić information content (AvgIpc) is 2.75. The van der Waals surface area contributed by atoms with E-state index in [1.54, 1.807) is 12.2 Å². The number of hydrogen-bond acceptors (Lipinski definition) is 4. The van der Waals surface area contributed by atoms with Crippen LogP contribution < -0.4 is 5.32 Å². The molecule has 0 aliphatic heterocycles. The van der Waals surface area contributed by atoms with E-state index in [1.807, 2.05) is 72.8 Å². The van der Waals surface area contributed by atoms with Crippen LogP contribution in [-0.4, -0.2) is 25.2 Å². The molecule has 5 nitrogen and oxygen atoms in total. The number of alkyl carbamates (subject to hydrolysis) is 1. The summed E-state index contributed by atoms with van der Waals surface area (Å²) in [4.78, 5) is 24.2. The quantitative estimate of drug-likeness (QED) is 0.652. The van der Waals surface area contributed by atoms with Crippen LogP contribution in [0, 0.1) is 0 Å². The molecule has 28 heavy (non-hydrogen) atoms. The van der Waals surface area contributed by atoms with Crippen molar-refractivity contribution in [1.82, 2.24) is 5.32 Å². The van der Waals surface area contributed by atoms with E-state index < -0.39 is 18.1 Å². The molecule has 1 N–H and O–H groups in total. The van der Waals surface area contributed by atoms with Crippen LogP contribution in [0.3, 0.4) is 0 Å². The normalized spacial score (nSPS) is 11.9. The smallest absolute Gasteiger partial charge is 0.408 e. The van der Waals surface area contributed by atoms with Crippen LogP contribution in [-0.2, 0) is 20.9 Å². The maximum absolute atomic E-state index is 12.1. The summed E-state index contributed by atoms with van der Waals surface area (Å²) in [5, 5.41) is 4.68. The molecule has 3 aromatic rings. The predicted octanol–water partition coefficient (Wildman–Crippen LogP) is 4.32. The molecule has 1 amide bonds. The number of amides is 1. The monoisotopic (exact) mass is 375 g/mol. The third kappa shape index (κ3) is 4.98. The highest BCUT2D eigenvalue weighted by atomic mass is 16.6. The van der Waals surface area contributed by atoms with Gasteiger partial charge in [-0.1, -0.05) is 84.9 Å². The number of nitrogens with one attached hydrogen (secondary N) is 1. The molecular weight excluding hydrogens is 354 g/mol. The van der Waals surface area contributed by atoms with Crippen molar-refractivity contribution < 1.29 is 19.1 Å². The minimum absolute atomic E-state index is 0.119. The van der Waals surface area contributed by atoms with Crippen LogP contribution in [0.25, 0.3) is 16.8 Å². The van der Waals surface area contributed by atoms with Crippen LogP contribution in [0.15, 0.2) is 78.9 Å². The van der Waals surface area contributed by atoms with Crippen LogP contribution in [0.4, 0.5) is 4.79 Å². The lowest BCUT2D eigenvalue weighted by Crippen LogP contribution is -2.40. The molecular formula is C23H21NO4. The summed E-state index contributed by atoms with van der Waals surface area (Å²) in [6.45, 7) is 0.119. The van der Waals surface area contributed by atoms with Gasteiger partial charge < -0.3 is 14.8 Å². The van der Waals surface area contributed by atoms with E-state index in [9.17, 15) is 9.59 Å². The topological polar surface area (TPSA) is 64.6 Å². The van der Waals surface area contributed by atoms with Gasteiger partial charge in [0.05, 0.1) is 7.11 Å². The maximum atomic E-state index is 12.1. The van der Waals surface area contributed by atoms with Gasteiger partial charge in [0.1, 0.15) is 12.6 Å². The fourth-order valence-corrected chi connectivity index (χ4v) is 2.80. The highest BCUT2D eigenvalue weighted by Gasteiger charge is 2.19. The largest absolute Gasteiger partial charge is 0.467 e. The summed E-state index contributed by atoms with van der Waals surface area (Å²) in [6, 6.07) is 22.2. The van der Waals surface area contributed by atoms with Crippen molar-refractivity contribution in [3.63, 3.8) is 0 Å². The number of rotatable bonds is 6. The molecule has 0 aliphatic rings. The van der Waals surface area contributed by atoms with Crippen molar-refractivity contribution in [1.29, 1.82) is 0 Å². The molecule has 0 bridgehead atoms. The SMILES string of the molecule is COC(=O)C(/C=C/c1cccc2ccccc12)NC(=O)OCc1ccccc1. The number of hydrogen-bond donors (Lipinski definition) is 1. The molecule has 3 aromatic carbocycles. The molecule has 5 heteroatoms. The minimum atomic E-state index is -0.952. The van der Waals surface area contributed by atoms with E-state index in [1.165, 1.54) is 7.11 Å². The molecule has 142 valence electrons. The average molecular weight is 375 g/mol. The van der Waals surface area contributed by atoms with E-state index in [0.717, 1.165) is 21.9 Å². The molecule has 0 saturated heterocycles. The number of fused-ring (bicyclic) bond motifs is 1. The van der Waals surface area contributed by atoms with Crippen LogP contribution in [0.5, 0.6) is 0 Å². The third-order valence-corrected chi connectivity index (χ3v) is 4.23. The molecule has 0 radical (unpaired) electrons. The van der Waals surface area contributed by atoms with Gasteiger partial charge in [0.15, 0.2) is 0 Å². The lowest BCUT2D eigenvalue weighted by molar-refractivity contribution is -0.141. The van der Waals surface area contributed by atoms with Gasteiger partial charge in [-0.15, -0.1) is 0 Å². The second-order valence-corrected chi connectivity index (χ2v) is 6.13. The highest BCUT2D eigenvalue weighted by Crippen LogP contribution is 2.19. The number of carbonyl (C=O) groups is 2. The summed E-state index contributed by atoms with van der Waals surface area (Å²) in [6.07, 6.45) is 2.69. The van der Waals surface area contributed by atoms with Crippen molar-refractivity contribution in [3.05, 3.63) is 90.0 Å². The molecule has 1 atom stereocenters. The Balaban J connectivity index is 1.70. The van der Waals surface area contributed by atoms with E-state index in [4.69, 9.17) is 9.47 Å². The molecule has 0 aromatic heterocycles. The standard InChI is InChI=1S/C23H21NO4/c1-27-22(25)21(24-23(26)28-16-17-8-3-2-4-9-17)15-14-19-12-7-11-18-10-5-6-13-20(18)19/h2-15,21H,16H2,1H3,(H,24,26)/b15-14+. The van der Waals surface area contributed by atoms with Crippen molar-refractivity contribution in [2.75, 3.05) is 7.11 Å². The van der Waals surface area contributed by atoms with E-state index in [0.29, 0.717) is 0 Å². The first kappa shape index (κ1) is 19.2. The Bertz CT molecular complexity index is 977. The minimum Gasteiger partial charge on any atom is -0.467 e. The van der Waals surface area contributed by atoms with Crippen molar-refractivity contribution in [2.45, 2.75) is 12.6 Å². The van der Waals surface area contributed by atoms with Gasteiger partial charge in [-0.3, -0.25) is 0 Å². The Hall–Kier alpha value is -3.60. The Morgan fingerprint density at radius 2 is 1.68 bits per heavy atom. The van der Waals surface area contributed by atoms with Gasteiger partial charge in [0.25, 0.3) is 0 Å². The van der Waals surface area contributed by atoms with E-state index in [2.05, 4.69) is 5.32 Å². The lowest BCUT2D eigenvalue weighted by atomic mass is 10.0. The Morgan fingerprint density at radius 1 is 0.964 bits per heavy atom. The lowest BCUT2D eigenvalue weighted by Gasteiger charge is -2.13. The van der Waals surface area contributed by atoms with Crippen LogP contribution >= 0.6 is 0 Å². The first-order valence-corrected chi connectivity index (χ1v) is 8.88. The first-order chi connectivity index (χ1) is 13.7. The van der Waals surface area contributed by atoms with Crippen LogP contribution in [0.1, 0.15) is 11.1 Å². The van der Waals surface area contributed by atoms with Gasteiger partial charge in [-0.05, 0) is 21.9 Å². The van der Waals surface area contributed by atoms with Gasteiger partial charge in [0, 0.05) is 0 Å². The second kappa shape index (κ2) is 9.37. The van der Waals surface area contributed by atoms with Crippen molar-refractivity contribution in [2.24, 2.45) is 0 Å². The Kier molecular flexibility index (Phi) is 6.41. The molecule has 0 saturated carbocycles. The fraction of sp³-hybridized carbons (Fsp3) is 0.130. The van der Waals surface area contributed by atoms with Gasteiger partial charge >= 0.3 is 12.1 Å². The van der Waals surface area contributed by atoms with Crippen molar-refractivity contribution in [3.8, 4) is 0 Å². The first-order valence-electron chi connectivity index (χ1n) is 8.88. The second-order valence-electron chi connectivity index (χ2n) is 6.13. The zero-order chi connectivity index (χ0) is 19.8. The predicted molar refractivity (Wildman–Crippen MR) is 109 cm³/mol. The summed E-state index contributed by atoms with van der Waals surface area (Å²) < 4.78 is 9.98. The number of esters is 1. The Labute approximate surface area is 163 Å². The van der Waals surface area contributed by atoms with Gasteiger partial charge in [-0.25, -0.2) is 9.59 Å². The van der Waals surface area contributed by atoms with Gasteiger partial charge in [0.2, 0.25) is 0 Å². The highest BCUT2D eigenvalue weighted by molar-refractivity contribution is 5.91. The zero-order valence-corrected chi connectivity index (χ0v) is 15.5.